The third kappa shape index (κ3) is 3.27. The van der Waals surface area contributed by atoms with Crippen molar-refractivity contribution >= 4 is 40.0 Å². The minimum Gasteiger partial charge on any atom is -0.349 e. The Morgan fingerprint density at radius 2 is 2.08 bits per heavy atom. The summed E-state index contributed by atoms with van der Waals surface area (Å²) in [5.41, 5.74) is -0.0249. The molecule has 1 N–H and O–H groups in total. The molecule has 0 bridgehead atoms. The number of nitrogens with zero attached hydrogens (tertiary/aromatic N) is 4. The molecule has 0 spiro atoms. The van der Waals surface area contributed by atoms with Gasteiger partial charge in [0.15, 0.2) is 5.69 Å². The van der Waals surface area contributed by atoms with Crippen molar-refractivity contribution in [2.24, 2.45) is 7.05 Å². The maximum Gasteiger partial charge on any atom is 0.275 e. The van der Waals surface area contributed by atoms with E-state index < -0.39 is 11.3 Å². The van der Waals surface area contributed by atoms with E-state index in [4.69, 9.17) is 23.2 Å². The van der Waals surface area contributed by atoms with E-state index in [1.54, 1.807) is 30.1 Å². The molecule has 0 aliphatic carbocycles. The predicted octanol–water partition coefficient (Wildman–Crippen LogP) is 1.87. The van der Waals surface area contributed by atoms with Crippen LogP contribution >= 0.6 is 23.2 Å². The molecule has 1 aromatic carbocycles. The zero-order chi connectivity index (χ0) is 17.3. The molecule has 7 nitrogen and oxygen atoms in total. The number of carbonyl (C=O) groups excluding carboxylic acids is 1. The molecule has 0 fully saturated rings. The van der Waals surface area contributed by atoms with Crippen LogP contribution in [-0.2, 0) is 13.6 Å². The second kappa shape index (κ2) is 6.62. The van der Waals surface area contributed by atoms with Gasteiger partial charge in [-0.1, -0.05) is 23.2 Å². The van der Waals surface area contributed by atoms with Crippen LogP contribution in [0.1, 0.15) is 10.5 Å². The van der Waals surface area contributed by atoms with Crippen molar-refractivity contribution < 1.29 is 4.79 Å². The highest BCUT2D eigenvalue weighted by Gasteiger charge is 2.16. The Balaban J connectivity index is 1.82. The van der Waals surface area contributed by atoms with Crippen LogP contribution in [0.4, 0.5) is 0 Å². The molecule has 0 unspecified atom stereocenters. The number of hydrogen-bond acceptors (Lipinski definition) is 4. The summed E-state index contributed by atoms with van der Waals surface area (Å²) < 4.78 is 3.07. The first-order valence-corrected chi connectivity index (χ1v) is 7.84. The molecule has 0 aliphatic heterocycles. The number of aromatic nitrogens is 4. The van der Waals surface area contributed by atoms with Gasteiger partial charge in [0.1, 0.15) is 0 Å². The minimum absolute atomic E-state index is 0.175. The molecule has 0 aliphatic rings. The van der Waals surface area contributed by atoms with Crippen LogP contribution in [-0.4, -0.2) is 32.0 Å². The second-order valence-corrected chi connectivity index (χ2v) is 6.01. The lowest BCUT2D eigenvalue weighted by Crippen LogP contribution is -2.33. The summed E-state index contributed by atoms with van der Waals surface area (Å²) in [7, 11) is 1.66. The average Bonchev–Trinajstić information content (AvgIpc) is 2.96. The van der Waals surface area contributed by atoms with Crippen LogP contribution in [0.15, 0.2) is 35.4 Å². The van der Waals surface area contributed by atoms with Gasteiger partial charge < -0.3 is 5.32 Å². The standard InChI is InChI=1S/C15H13Cl2N5O2/c1-21-12-3-2-9(16)6-11(12)14(23)13(20-21)15(24)18-4-5-22-8-10(17)7-19-22/h2-3,6-8H,4-5H2,1H3,(H,18,24). The summed E-state index contributed by atoms with van der Waals surface area (Å²) in [5.74, 6) is -0.546. The Bertz CT molecular complexity index is 980. The second-order valence-electron chi connectivity index (χ2n) is 5.14. The van der Waals surface area contributed by atoms with Crippen molar-refractivity contribution in [1.29, 1.82) is 0 Å². The number of hydrogen-bond donors (Lipinski definition) is 1. The van der Waals surface area contributed by atoms with Gasteiger partial charge in [-0.2, -0.15) is 10.2 Å². The summed E-state index contributed by atoms with van der Waals surface area (Å²) in [4.78, 5) is 24.7. The van der Waals surface area contributed by atoms with E-state index in [-0.39, 0.29) is 12.2 Å². The molecule has 0 saturated carbocycles. The normalized spacial score (nSPS) is 11.0. The first kappa shape index (κ1) is 16.5. The molecule has 0 atom stereocenters. The lowest BCUT2D eigenvalue weighted by Gasteiger charge is -2.09. The van der Waals surface area contributed by atoms with E-state index >= 15 is 0 Å². The fourth-order valence-corrected chi connectivity index (χ4v) is 2.65. The van der Waals surface area contributed by atoms with Crippen LogP contribution in [0.2, 0.25) is 10.0 Å². The third-order valence-corrected chi connectivity index (χ3v) is 3.89. The van der Waals surface area contributed by atoms with Gasteiger partial charge in [-0.3, -0.25) is 19.0 Å². The van der Waals surface area contributed by atoms with Crippen LogP contribution in [0, 0.1) is 0 Å². The summed E-state index contributed by atoms with van der Waals surface area (Å²) in [6.07, 6.45) is 3.15. The predicted molar refractivity (Wildman–Crippen MR) is 91.6 cm³/mol. The molecule has 2 aromatic heterocycles. The van der Waals surface area contributed by atoms with Gasteiger partial charge in [-0.15, -0.1) is 0 Å². The van der Waals surface area contributed by atoms with Crippen molar-refractivity contribution in [3.63, 3.8) is 0 Å². The third-order valence-electron chi connectivity index (χ3n) is 3.46. The molecule has 1 amide bonds. The Hall–Kier alpha value is -2.38. The smallest absolute Gasteiger partial charge is 0.275 e. The van der Waals surface area contributed by atoms with Gasteiger partial charge in [0.2, 0.25) is 5.43 Å². The summed E-state index contributed by atoms with van der Waals surface area (Å²) in [6, 6.07) is 4.89. The van der Waals surface area contributed by atoms with E-state index in [1.165, 1.54) is 16.9 Å². The minimum atomic E-state index is -0.546. The summed E-state index contributed by atoms with van der Waals surface area (Å²) >= 11 is 11.7. The van der Waals surface area contributed by atoms with Crippen molar-refractivity contribution in [3.8, 4) is 0 Å². The van der Waals surface area contributed by atoms with Crippen molar-refractivity contribution in [3.05, 3.63) is 56.6 Å². The lowest BCUT2D eigenvalue weighted by molar-refractivity contribution is 0.0944. The first-order chi connectivity index (χ1) is 11.5. The monoisotopic (exact) mass is 365 g/mol. The fourth-order valence-electron chi connectivity index (χ4n) is 2.33. The number of carbonyl (C=O) groups is 1. The number of halogens is 2. The summed E-state index contributed by atoms with van der Waals surface area (Å²) in [6.45, 7) is 0.716. The van der Waals surface area contributed by atoms with Crippen molar-refractivity contribution in [2.45, 2.75) is 6.54 Å². The zero-order valence-corrected chi connectivity index (χ0v) is 14.2. The maximum absolute atomic E-state index is 12.5. The molecule has 24 heavy (non-hydrogen) atoms. The Morgan fingerprint density at radius 1 is 1.29 bits per heavy atom. The molecule has 0 radical (unpaired) electrons. The number of amides is 1. The highest BCUT2D eigenvalue weighted by molar-refractivity contribution is 6.31. The van der Waals surface area contributed by atoms with Gasteiger partial charge in [0.25, 0.3) is 5.91 Å². The van der Waals surface area contributed by atoms with Crippen LogP contribution in [0.25, 0.3) is 10.9 Å². The van der Waals surface area contributed by atoms with E-state index in [0.29, 0.717) is 27.5 Å². The topological polar surface area (TPSA) is 81.8 Å². The molecule has 3 rings (SSSR count). The molecular formula is C15H13Cl2N5O2. The largest absolute Gasteiger partial charge is 0.349 e. The number of aryl methyl sites for hydroxylation is 1. The van der Waals surface area contributed by atoms with Crippen molar-refractivity contribution in [1.82, 2.24) is 24.9 Å². The van der Waals surface area contributed by atoms with Gasteiger partial charge in [0, 0.05) is 24.8 Å². The fraction of sp³-hybridized carbons (Fsp3) is 0.200. The number of nitrogens with one attached hydrogen (secondary N) is 1. The van der Waals surface area contributed by atoms with E-state index in [9.17, 15) is 9.59 Å². The number of benzene rings is 1. The summed E-state index contributed by atoms with van der Waals surface area (Å²) in [5, 5.41) is 12.0. The number of fused-ring (bicyclic) bond motifs is 1. The van der Waals surface area contributed by atoms with Gasteiger partial charge in [0.05, 0.1) is 28.7 Å². The van der Waals surface area contributed by atoms with Crippen LogP contribution in [0.3, 0.4) is 0 Å². The lowest BCUT2D eigenvalue weighted by atomic mass is 10.2. The molecular weight excluding hydrogens is 353 g/mol. The maximum atomic E-state index is 12.5. The average molecular weight is 366 g/mol. The highest BCUT2D eigenvalue weighted by Crippen LogP contribution is 2.15. The molecule has 2 heterocycles. The Labute approximate surface area is 146 Å². The van der Waals surface area contributed by atoms with Gasteiger partial charge in [-0.25, -0.2) is 0 Å². The molecule has 3 aromatic rings. The van der Waals surface area contributed by atoms with E-state index in [2.05, 4.69) is 15.5 Å². The van der Waals surface area contributed by atoms with Crippen molar-refractivity contribution in [2.75, 3.05) is 6.54 Å². The number of rotatable bonds is 4. The molecule has 9 heteroatoms. The molecule has 124 valence electrons. The van der Waals surface area contributed by atoms with Crippen LogP contribution < -0.4 is 10.7 Å². The van der Waals surface area contributed by atoms with E-state index in [1.807, 2.05) is 0 Å². The van der Waals surface area contributed by atoms with Gasteiger partial charge >= 0.3 is 0 Å². The van der Waals surface area contributed by atoms with Crippen LogP contribution in [0.5, 0.6) is 0 Å². The first-order valence-electron chi connectivity index (χ1n) is 7.08. The Kier molecular flexibility index (Phi) is 4.55. The quantitative estimate of drug-likeness (QED) is 0.764. The highest BCUT2D eigenvalue weighted by atomic mass is 35.5. The zero-order valence-electron chi connectivity index (χ0n) is 12.7. The molecule has 0 saturated heterocycles. The SMILES string of the molecule is Cn1nc(C(=O)NCCn2cc(Cl)cn2)c(=O)c2cc(Cl)ccc21. The van der Waals surface area contributed by atoms with Gasteiger partial charge in [-0.05, 0) is 18.2 Å². The van der Waals surface area contributed by atoms with E-state index in [0.717, 1.165) is 0 Å². The Morgan fingerprint density at radius 3 is 2.79 bits per heavy atom.